The maximum Gasteiger partial charge on any atom is 0.0453 e. The Labute approximate surface area is 133 Å². The molecule has 4 heteroatoms. The monoisotopic (exact) mass is 314 g/mol. The quantitative estimate of drug-likeness (QED) is 0.740. The Morgan fingerprint density at radius 2 is 2.05 bits per heavy atom. The summed E-state index contributed by atoms with van der Waals surface area (Å²) in [6.45, 7) is 6.46. The van der Waals surface area contributed by atoms with Crippen molar-refractivity contribution in [1.29, 1.82) is 0 Å². The minimum atomic E-state index is 0.331. The van der Waals surface area contributed by atoms with Crippen molar-refractivity contribution in [2.45, 2.75) is 32.4 Å². The highest BCUT2D eigenvalue weighted by Gasteiger charge is 2.15. The molecule has 2 unspecified atom stereocenters. The van der Waals surface area contributed by atoms with Crippen molar-refractivity contribution < 1.29 is 0 Å². The molecule has 2 nitrogen and oxygen atoms in total. The molecule has 0 fully saturated rings. The summed E-state index contributed by atoms with van der Waals surface area (Å²) in [5, 5.41) is 4.41. The number of hydrogen-bond acceptors (Lipinski definition) is 3. The average Bonchev–Trinajstić information content (AvgIpc) is 2.44. The molecule has 0 aromatic heterocycles. The molecule has 0 saturated heterocycles. The van der Waals surface area contributed by atoms with Gasteiger partial charge in [0.1, 0.15) is 0 Å². The molecule has 20 heavy (non-hydrogen) atoms. The first-order valence-electron chi connectivity index (χ1n) is 7.27. The van der Waals surface area contributed by atoms with Gasteiger partial charge in [-0.25, -0.2) is 0 Å². The second-order valence-electron chi connectivity index (χ2n) is 5.21. The standard InChI is InChI=1S/C16H27ClN2S/c1-5-18-16(14-8-6-7-9-15(14)17)10-11-19(3)13(2)12-20-4/h6-9,13,16,18H,5,10-12H2,1-4H3. The molecular formula is C16H27ClN2S. The molecule has 0 aliphatic heterocycles. The van der Waals surface area contributed by atoms with Crippen molar-refractivity contribution in [3.05, 3.63) is 34.9 Å². The van der Waals surface area contributed by atoms with E-state index in [4.69, 9.17) is 11.6 Å². The predicted molar refractivity (Wildman–Crippen MR) is 93.0 cm³/mol. The number of rotatable bonds is 9. The highest BCUT2D eigenvalue weighted by molar-refractivity contribution is 7.98. The number of hydrogen-bond donors (Lipinski definition) is 1. The number of nitrogens with one attached hydrogen (secondary N) is 1. The van der Waals surface area contributed by atoms with Crippen LogP contribution in [0.1, 0.15) is 31.9 Å². The minimum Gasteiger partial charge on any atom is -0.310 e. The lowest BCUT2D eigenvalue weighted by Gasteiger charge is -2.27. The van der Waals surface area contributed by atoms with Gasteiger partial charge in [0.25, 0.3) is 0 Å². The van der Waals surface area contributed by atoms with Crippen LogP contribution in [0, 0.1) is 0 Å². The Morgan fingerprint density at radius 1 is 1.35 bits per heavy atom. The number of benzene rings is 1. The summed E-state index contributed by atoms with van der Waals surface area (Å²) in [5.41, 5.74) is 1.21. The summed E-state index contributed by atoms with van der Waals surface area (Å²) in [6, 6.07) is 9.09. The van der Waals surface area contributed by atoms with E-state index in [2.05, 4.69) is 49.5 Å². The lowest BCUT2D eigenvalue weighted by molar-refractivity contribution is 0.260. The van der Waals surface area contributed by atoms with E-state index in [9.17, 15) is 0 Å². The maximum absolute atomic E-state index is 6.33. The van der Waals surface area contributed by atoms with E-state index in [0.29, 0.717) is 12.1 Å². The molecule has 0 saturated carbocycles. The van der Waals surface area contributed by atoms with Crippen molar-refractivity contribution in [2.75, 3.05) is 32.1 Å². The molecule has 0 aliphatic carbocycles. The molecule has 2 atom stereocenters. The van der Waals surface area contributed by atoms with Gasteiger partial charge in [-0.3, -0.25) is 0 Å². The van der Waals surface area contributed by atoms with Crippen LogP contribution in [0.5, 0.6) is 0 Å². The van der Waals surface area contributed by atoms with Crippen molar-refractivity contribution >= 4 is 23.4 Å². The van der Waals surface area contributed by atoms with Crippen molar-refractivity contribution in [3.8, 4) is 0 Å². The number of nitrogens with zero attached hydrogens (tertiary/aromatic N) is 1. The van der Waals surface area contributed by atoms with E-state index in [1.165, 1.54) is 11.3 Å². The largest absolute Gasteiger partial charge is 0.310 e. The van der Waals surface area contributed by atoms with Crippen LogP contribution in [0.25, 0.3) is 0 Å². The third-order valence-electron chi connectivity index (χ3n) is 3.66. The van der Waals surface area contributed by atoms with Gasteiger partial charge in [0.05, 0.1) is 0 Å². The fourth-order valence-electron chi connectivity index (χ4n) is 2.29. The zero-order valence-electron chi connectivity index (χ0n) is 13.0. The summed E-state index contributed by atoms with van der Waals surface area (Å²) in [7, 11) is 2.20. The van der Waals surface area contributed by atoms with Gasteiger partial charge in [0.15, 0.2) is 0 Å². The van der Waals surface area contributed by atoms with Gasteiger partial charge >= 0.3 is 0 Å². The highest BCUT2D eigenvalue weighted by Crippen LogP contribution is 2.25. The third-order valence-corrected chi connectivity index (χ3v) is 4.82. The summed E-state index contributed by atoms with van der Waals surface area (Å²) in [4.78, 5) is 2.43. The second kappa shape index (κ2) is 9.67. The van der Waals surface area contributed by atoms with Crippen molar-refractivity contribution in [3.63, 3.8) is 0 Å². The SMILES string of the molecule is CCNC(CCN(C)C(C)CSC)c1ccccc1Cl. The van der Waals surface area contributed by atoms with E-state index in [1.54, 1.807) is 0 Å². The van der Waals surface area contributed by atoms with Crippen LogP contribution in [0.15, 0.2) is 24.3 Å². The summed E-state index contributed by atoms with van der Waals surface area (Å²) in [6.07, 6.45) is 3.24. The number of halogens is 1. The van der Waals surface area contributed by atoms with Gasteiger partial charge in [-0.1, -0.05) is 36.7 Å². The summed E-state index contributed by atoms with van der Waals surface area (Å²) < 4.78 is 0. The lowest BCUT2D eigenvalue weighted by Crippen LogP contribution is -2.34. The van der Waals surface area contributed by atoms with Crippen LogP contribution in [0.4, 0.5) is 0 Å². The van der Waals surface area contributed by atoms with Crippen molar-refractivity contribution in [2.24, 2.45) is 0 Å². The summed E-state index contributed by atoms with van der Waals surface area (Å²) >= 11 is 8.23. The molecule has 1 N–H and O–H groups in total. The normalized spacial score (nSPS) is 14.5. The first kappa shape index (κ1) is 17.8. The third kappa shape index (κ3) is 5.65. The van der Waals surface area contributed by atoms with Crippen molar-refractivity contribution in [1.82, 2.24) is 10.2 Å². The molecule has 1 rings (SSSR count). The van der Waals surface area contributed by atoms with Gasteiger partial charge in [-0.15, -0.1) is 0 Å². The van der Waals surface area contributed by atoms with E-state index in [0.717, 1.165) is 24.5 Å². The molecule has 0 spiro atoms. The van der Waals surface area contributed by atoms with E-state index < -0.39 is 0 Å². The molecule has 0 heterocycles. The van der Waals surface area contributed by atoms with Gasteiger partial charge in [-0.05, 0) is 51.4 Å². The first-order valence-corrected chi connectivity index (χ1v) is 9.04. The smallest absolute Gasteiger partial charge is 0.0453 e. The highest BCUT2D eigenvalue weighted by atomic mass is 35.5. The molecular weight excluding hydrogens is 288 g/mol. The van der Waals surface area contributed by atoms with Gasteiger partial charge in [0.2, 0.25) is 0 Å². The topological polar surface area (TPSA) is 15.3 Å². The summed E-state index contributed by atoms with van der Waals surface area (Å²) in [5.74, 6) is 1.18. The lowest BCUT2D eigenvalue weighted by atomic mass is 10.0. The fraction of sp³-hybridized carbons (Fsp3) is 0.625. The zero-order chi connectivity index (χ0) is 15.0. The molecule has 1 aromatic carbocycles. The second-order valence-corrected chi connectivity index (χ2v) is 6.52. The first-order chi connectivity index (χ1) is 9.60. The van der Waals surface area contributed by atoms with Gasteiger partial charge in [0, 0.05) is 22.9 Å². The Hall–Kier alpha value is -0.220. The minimum absolute atomic E-state index is 0.331. The Morgan fingerprint density at radius 3 is 2.65 bits per heavy atom. The van der Waals surface area contributed by atoms with Crippen LogP contribution in [-0.2, 0) is 0 Å². The molecule has 0 bridgehead atoms. The number of thioether (sulfide) groups is 1. The Kier molecular flexibility index (Phi) is 8.62. The Balaban J connectivity index is 2.62. The van der Waals surface area contributed by atoms with E-state index in [-0.39, 0.29) is 0 Å². The molecule has 0 radical (unpaired) electrons. The zero-order valence-corrected chi connectivity index (χ0v) is 14.6. The molecule has 0 aliphatic rings. The molecule has 0 amide bonds. The van der Waals surface area contributed by atoms with E-state index >= 15 is 0 Å². The van der Waals surface area contributed by atoms with Crippen LogP contribution in [-0.4, -0.2) is 43.1 Å². The molecule has 1 aromatic rings. The van der Waals surface area contributed by atoms with Crippen LogP contribution in [0.2, 0.25) is 5.02 Å². The fourth-order valence-corrected chi connectivity index (χ4v) is 3.30. The average molecular weight is 315 g/mol. The maximum atomic E-state index is 6.33. The molecule has 114 valence electrons. The van der Waals surface area contributed by atoms with E-state index in [1.807, 2.05) is 23.9 Å². The van der Waals surface area contributed by atoms with Gasteiger partial charge in [-0.2, -0.15) is 11.8 Å². The predicted octanol–water partition coefficient (Wildman–Crippen LogP) is 4.06. The van der Waals surface area contributed by atoms with Crippen LogP contribution >= 0.6 is 23.4 Å². The Bertz CT molecular complexity index is 386. The van der Waals surface area contributed by atoms with Gasteiger partial charge < -0.3 is 10.2 Å². The van der Waals surface area contributed by atoms with Crippen LogP contribution in [0.3, 0.4) is 0 Å². The van der Waals surface area contributed by atoms with Crippen LogP contribution < -0.4 is 5.32 Å².